The predicted molar refractivity (Wildman–Crippen MR) is 112 cm³/mol. The molecule has 30 heavy (non-hydrogen) atoms. The van der Waals surface area contributed by atoms with E-state index in [1.165, 1.54) is 12.8 Å². The summed E-state index contributed by atoms with van der Waals surface area (Å²) in [6.45, 7) is 0.309. The smallest absolute Gasteiger partial charge is 0.119 e. The third-order valence-corrected chi connectivity index (χ3v) is 6.16. The summed E-state index contributed by atoms with van der Waals surface area (Å²) in [7, 11) is 0. The van der Waals surface area contributed by atoms with Crippen molar-refractivity contribution in [1.29, 1.82) is 0 Å². The van der Waals surface area contributed by atoms with Crippen molar-refractivity contribution < 1.29 is 29.9 Å². The Kier molecular flexibility index (Phi) is 6.63. The molecule has 1 aliphatic heterocycles. The van der Waals surface area contributed by atoms with Gasteiger partial charge in [0, 0.05) is 5.02 Å². The molecular weight excluding hydrogens is 408 g/mol. The van der Waals surface area contributed by atoms with E-state index in [2.05, 4.69) is 0 Å². The van der Waals surface area contributed by atoms with Gasteiger partial charge < -0.3 is 29.9 Å². The number of hydrogen-bond acceptors (Lipinski definition) is 6. The zero-order valence-electron chi connectivity index (χ0n) is 16.5. The average molecular weight is 435 g/mol. The van der Waals surface area contributed by atoms with E-state index in [4.69, 9.17) is 21.1 Å². The Morgan fingerprint density at radius 2 is 1.70 bits per heavy atom. The lowest BCUT2D eigenvalue weighted by molar-refractivity contribution is -0.231. The van der Waals surface area contributed by atoms with Crippen LogP contribution in [-0.4, -0.2) is 58.1 Å². The van der Waals surface area contributed by atoms with Gasteiger partial charge in [0.05, 0.1) is 13.2 Å². The Bertz CT molecular complexity index is 851. The second-order valence-corrected chi connectivity index (χ2v) is 8.58. The van der Waals surface area contributed by atoms with Crippen LogP contribution in [0.25, 0.3) is 0 Å². The van der Waals surface area contributed by atoms with E-state index >= 15 is 0 Å². The highest BCUT2D eigenvalue weighted by Gasteiger charge is 2.44. The van der Waals surface area contributed by atoms with Crippen molar-refractivity contribution in [2.24, 2.45) is 5.92 Å². The van der Waals surface area contributed by atoms with Gasteiger partial charge in [-0.15, -0.1) is 0 Å². The summed E-state index contributed by atoms with van der Waals surface area (Å²) >= 11 is 6.39. The molecule has 1 heterocycles. The topological polar surface area (TPSA) is 99.4 Å². The number of benzene rings is 2. The van der Waals surface area contributed by atoms with Crippen molar-refractivity contribution in [2.45, 2.75) is 49.8 Å². The fraction of sp³-hybridized carbons (Fsp3) is 0.478. The number of aliphatic hydroxyl groups is 4. The highest BCUT2D eigenvalue weighted by Crippen LogP contribution is 2.34. The Labute approximate surface area is 180 Å². The van der Waals surface area contributed by atoms with Gasteiger partial charge in [-0.3, -0.25) is 0 Å². The molecule has 0 bridgehead atoms. The van der Waals surface area contributed by atoms with E-state index in [9.17, 15) is 20.4 Å². The van der Waals surface area contributed by atoms with Crippen LogP contribution in [0.3, 0.4) is 0 Å². The summed E-state index contributed by atoms with van der Waals surface area (Å²) in [6, 6.07) is 13.2. The molecule has 0 radical (unpaired) electrons. The second kappa shape index (κ2) is 9.22. The first-order valence-electron chi connectivity index (χ1n) is 10.3. The first-order chi connectivity index (χ1) is 14.5. The van der Waals surface area contributed by atoms with E-state index in [-0.39, 0.29) is 0 Å². The zero-order chi connectivity index (χ0) is 21.3. The summed E-state index contributed by atoms with van der Waals surface area (Å²) in [5, 5.41) is 40.4. The lowest BCUT2D eigenvalue weighted by atomic mass is 9.90. The molecule has 2 aromatic carbocycles. The molecule has 1 saturated carbocycles. The van der Waals surface area contributed by atoms with Crippen LogP contribution in [0, 0.1) is 5.92 Å². The van der Waals surface area contributed by atoms with Crippen molar-refractivity contribution >= 4 is 11.6 Å². The van der Waals surface area contributed by atoms with Crippen LogP contribution in [0.4, 0.5) is 0 Å². The van der Waals surface area contributed by atoms with Crippen LogP contribution in [-0.2, 0) is 11.2 Å². The van der Waals surface area contributed by atoms with Crippen molar-refractivity contribution in [3.63, 3.8) is 0 Å². The first kappa shape index (κ1) is 21.6. The van der Waals surface area contributed by atoms with Gasteiger partial charge in [0.15, 0.2) is 0 Å². The van der Waals surface area contributed by atoms with Gasteiger partial charge in [-0.25, -0.2) is 0 Å². The van der Waals surface area contributed by atoms with Crippen LogP contribution in [0.5, 0.6) is 5.75 Å². The fourth-order valence-electron chi connectivity index (χ4n) is 3.71. The number of halogens is 1. The van der Waals surface area contributed by atoms with E-state index in [1.54, 1.807) is 12.1 Å². The maximum absolute atomic E-state index is 10.4. The fourth-order valence-corrected chi connectivity index (χ4v) is 3.89. The molecule has 5 atom stereocenters. The Balaban J connectivity index is 1.48. The number of rotatable bonds is 7. The summed E-state index contributed by atoms with van der Waals surface area (Å²) in [5.41, 5.74) is 2.52. The van der Waals surface area contributed by atoms with E-state index in [1.807, 2.05) is 30.3 Å². The quantitative estimate of drug-likeness (QED) is 0.533. The second-order valence-electron chi connectivity index (χ2n) is 8.18. The van der Waals surface area contributed by atoms with E-state index in [0.717, 1.165) is 23.5 Å². The Hall–Kier alpha value is -1.67. The molecule has 2 aliphatic rings. The SMILES string of the molecule is OC[C@H]1O[C@H](c2ccc(Cl)c(Cc3ccc(OCC4CC4)cc3)c2)[C@H](O)[C@@H](O)[C@@H]1O. The van der Waals surface area contributed by atoms with Gasteiger partial charge in [0.2, 0.25) is 0 Å². The molecule has 1 saturated heterocycles. The van der Waals surface area contributed by atoms with Gasteiger partial charge in [0.25, 0.3) is 0 Å². The van der Waals surface area contributed by atoms with Crippen LogP contribution in [0.1, 0.15) is 35.6 Å². The van der Waals surface area contributed by atoms with Crippen LogP contribution >= 0.6 is 11.6 Å². The van der Waals surface area contributed by atoms with Gasteiger partial charge in [-0.1, -0.05) is 35.9 Å². The van der Waals surface area contributed by atoms with Crippen molar-refractivity contribution in [1.82, 2.24) is 0 Å². The summed E-state index contributed by atoms with van der Waals surface area (Å²) < 4.78 is 11.4. The van der Waals surface area contributed by atoms with Gasteiger partial charge in [-0.2, -0.15) is 0 Å². The number of hydrogen-bond donors (Lipinski definition) is 4. The molecule has 0 aromatic heterocycles. The van der Waals surface area contributed by atoms with Gasteiger partial charge >= 0.3 is 0 Å². The molecule has 0 amide bonds. The minimum absolute atomic E-state index is 0.461. The summed E-state index contributed by atoms with van der Waals surface area (Å²) in [4.78, 5) is 0. The number of aliphatic hydroxyl groups excluding tert-OH is 4. The average Bonchev–Trinajstić information content (AvgIpc) is 3.58. The van der Waals surface area contributed by atoms with E-state index < -0.39 is 37.1 Å². The maximum Gasteiger partial charge on any atom is 0.119 e. The maximum atomic E-state index is 10.4. The highest BCUT2D eigenvalue weighted by molar-refractivity contribution is 6.31. The third-order valence-electron chi connectivity index (χ3n) is 5.79. The minimum atomic E-state index is -1.41. The number of ether oxygens (including phenoxy) is 2. The standard InChI is InChI=1S/C23H27ClO6/c24-18-8-5-15(23-22(28)21(27)20(26)19(11-25)30-23)10-16(18)9-13-3-6-17(7-4-13)29-12-14-1-2-14/h3-8,10,14,19-23,25-28H,1-2,9,11-12H2/t19-,20-,21+,22-,23-/m1/s1. The van der Waals surface area contributed by atoms with Crippen molar-refractivity contribution in [2.75, 3.05) is 13.2 Å². The lowest BCUT2D eigenvalue weighted by Gasteiger charge is -2.40. The van der Waals surface area contributed by atoms with Crippen molar-refractivity contribution in [3.8, 4) is 5.75 Å². The predicted octanol–water partition coefficient (Wildman–Crippen LogP) is 2.23. The molecule has 0 spiro atoms. The van der Waals surface area contributed by atoms with E-state index in [0.29, 0.717) is 22.9 Å². The Morgan fingerprint density at radius 3 is 2.37 bits per heavy atom. The molecule has 2 fully saturated rings. The monoisotopic (exact) mass is 434 g/mol. The van der Waals surface area contributed by atoms with Gasteiger partial charge in [-0.05, 0) is 60.1 Å². The van der Waals surface area contributed by atoms with Gasteiger partial charge in [0.1, 0.15) is 36.3 Å². The summed E-state index contributed by atoms with van der Waals surface area (Å²) in [5.74, 6) is 1.56. The van der Waals surface area contributed by atoms with Crippen LogP contribution in [0.2, 0.25) is 5.02 Å². The molecule has 1 aliphatic carbocycles. The lowest BCUT2D eigenvalue weighted by Crippen LogP contribution is -2.55. The third kappa shape index (κ3) is 4.80. The molecule has 0 unspecified atom stereocenters. The molecular formula is C23H27ClO6. The van der Waals surface area contributed by atoms with Crippen molar-refractivity contribution in [3.05, 3.63) is 64.2 Å². The largest absolute Gasteiger partial charge is 0.493 e. The molecule has 2 aromatic rings. The molecule has 6 nitrogen and oxygen atoms in total. The highest BCUT2D eigenvalue weighted by atomic mass is 35.5. The van der Waals surface area contributed by atoms with Crippen LogP contribution in [0.15, 0.2) is 42.5 Å². The zero-order valence-corrected chi connectivity index (χ0v) is 17.3. The molecule has 4 rings (SSSR count). The molecule has 4 N–H and O–H groups in total. The molecule has 162 valence electrons. The first-order valence-corrected chi connectivity index (χ1v) is 10.6. The molecule has 7 heteroatoms. The summed E-state index contributed by atoms with van der Waals surface area (Å²) in [6.07, 6.45) is -2.86. The minimum Gasteiger partial charge on any atom is -0.493 e. The Morgan fingerprint density at radius 1 is 0.967 bits per heavy atom. The normalized spacial score (nSPS) is 29.0. The van der Waals surface area contributed by atoms with Crippen LogP contribution < -0.4 is 4.74 Å².